The molecule has 0 aliphatic carbocycles. The Morgan fingerprint density at radius 2 is 1.46 bits per heavy atom. The molecule has 3 atom stereocenters. The Bertz CT molecular complexity index is 570. The highest BCUT2D eigenvalue weighted by Gasteiger charge is 2.28. The average Bonchev–Trinajstić information content (AvgIpc) is 2.63. The molecule has 4 amide bonds. The molecule has 0 aromatic carbocycles. The van der Waals surface area contributed by atoms with Crippen molar-refractivity contribution in [3.05, 3.63) is 0 Å². The van der Waals surface area contributed by atoms with Crippen LogP contribution in [0, 0.1) is 0 Å². The summed E-state index contributed by atoms with van der Waals surface area (Å²) in [5, 5.41) is 16.1. The molecule has 0 spiro atoms. The number of nitrogens with one attached hydrogen (secondary N) is 3. The van der Waals surface area contributed by atoms with Crippen LogP contribution in [0.3, 0.4) is 0 Å². The van der Waals surface area contributed by atoms with E-state index in [-0.39, 0.29) is 25.8 Å². The molecule has 0 rings (SSSR count). The fraction of sp³-hybridized carbons (Fsp3) is 0.688. The van der Waals surface area contributed by atoms with E-state index in [1.54, 1.807) is 0 Å². The third-order valence-electron chi connectivity index (χ3n) is 3.83. The van der Waals surface area contributed by atoms with E-state index < -0.39 is 47.7 Å². The molecule has 12 nitrogen and oxygen atoms in total. The van der Waals surface area contributed by atoms with Gasteiger partial charge in [0.15, 0.2) is 0 Å². The Hall–Kier alpha value is -2.73. The van der Waals surface area contributed by atoms with Crippen LogP contribution in [0.4, 0.5) is 0 Å². The summed E-state index contributed by atoms with van der Waals surface area (Å²) in [4.78, 5) is 58.3. The maximum atomic E-state index is 12.5. The number of carboxylic acid groups (broad SMARTS) is 1. The van der Waals surface area contributed by atoms with Crippen molar-refractivity contribution in [1.82, 2.24) is 16.0 Å². The number of aliphatic carboxylic acids is 1. The molecule has 0 saturated heterocycles. The maximum Gasteiger partial charge on any atom is 0.325 e. The number of carbonyl (C=O) groups excluding carboxylic acids is 4. The van der Waals surface area contributed by atoms with E-state index >= 15 is 0 Å². The summed E-state index contributed by atoms with van der Waals surface area (Å²) in [5.41, 5.74) is 15.7. The molecule has 0 heterocycles. The molecular formula is C16H30N6O6. The van der Waals surface area contributed by atoms with Gasteiger partial charge in [0.05, 0.1) is 6.54 Å². The quantitative estimate of drug-likeness (QED) is 0.147. The minimum atomic E-state index is -1.23. The van der Waals surface area contributed by atoms with Crippen molar-refractivity contribution in [2.24, 2.45) is 17.2 Å². The molecular weight excluding hydrogens is 372 g/mol. The molecule has 0 saturated carbocycles. The van der Waals surface area contributed by atoms with Crippen molar-refractivity contribution in [2.45, 2.75) is 57.2 Å². The van der Waals surface area contributed by atoms with Crippen molar-refractivity contribution >= 4 is 29.6 Å². The van der Waals surface area contributed by atoms with E-state index in [9.17, 15) is 24.0 Å². The fourth-order valence-electron chi connectivity index (χ4n) is 2.22. The van der Waals surface area contributed by atoms with Gasteiger partial charge in [0.2, 0.25) is 23.6 Å². The zero-order chi connectivity index (χ0) is 21.7. The highest BCUT2D eigenvalue weighted by molar-refractivity contribution is 5.93. The van der Waals surface area contributed by atoms with E-state index in [1.807, 2.05) is 0 Å². The van der Waals surface area contributed by atoms with Gasteiger partial charge in [-0.05, 0) is 39.2 Å². The van der Waals surface area contributed by atoms with Gasteiger partial charge in [-0.15, -0.1) is 0 Å². The minimum Gasteiger partial charge on any atom is -0.480 e. The van der Waals surface area contributed by atoms with E-state index in [0.29, 0.717) is 19.4 Å². The first kappa shape index (κ1) is 25.3. The monoisotopic (exact) mass is 402 g/mol. The number of amides is 4. The molecule has 3 unspecified atom stereocenters. The van der Waals surface area contributed by atoms with Gasteiger partial charge >= 0.3 is 5.97 Å². The normalized spacial score (nSPS) is 13.7. The number of primary amides is 1. The molecule has 0 bridgehead atoms. The summed E-state index contributed by atoms with van der Waals surface area (Å²) in [6, 6.07) is -3.30. The van der Waals surface area contributed by atoms with Crippen LogP contribution in [0.25, 0.3) is 0 Å². The molecule has 0 aromatic heterocycles. The van der Waals surface area contributed by atoms with Gasteiger partial charge in [-0.1, -0.05) is 0 Å². The lowest BCUT2D eigenvalue weighted by molar-refractivity contribution is -0.141. The first-order chi connectivity index (χ1) is 13.1. The standard InChI is InChI=1S/C16H30N6O6/c1-9(16(27)28)20-14(25)10(4-2-3-7-17)22-15(26)11(5-6-12(19)23)21-13(24)8-18/h9-11H,2-8,17-18H2,1H3,(H2,19,23)(H,20,25)(H,21,24)(H,22,26)(H,27,28). The van der Waals surface area contributed by atoms with E-state index in [4.69, 9.17) is 22.3 Å². The molecule has 0 radical (unpaired) electrons. The Balaban J connectivity index is 5.19. The zero-order valence-electron chi connectivity index (χ0n) is 15.9. The summed E-state index contributed by atoms with van der Waals surface area (Å²) in [5.74, 6) is -3.89. The summed E-state index contributed by atoms with van der Waals surface area (Å²) < 4.78 is 0. The van der Waals surface area contributed by atoms with Gasteiger partial charge in [0.25, 0.3) is 0 Å². The number of carbonyl (C=O) groups is 5. The van der Waals surface area contributed by atoms with Crippen molar-refractivity contribution in [2.75, 3.05) is 13.1 Å². The van der Waals surface area contributed by atoms with Crippen LogP contribution in [0.1, 0.15) is 39.0 Å². The predicted octanol–water partition coefficient (Wildman–Crippen LogP) is -3.10. The van der Waals surface area contributed by atoms with Gasteiger partial charge in [0.1, 0.15) is 18.1 Å². The first-order valence-corrected chi connectivity index (χ1v) is 8.93. The highest BCUT2D eigenvalue weighted by atomic mass is 16.4. The lowest BCUT2D eigenvalue weighted by atomic mass is 10.1. The van der Waals surface area contributed by atoms with E-state index in [1.165, 1.54) is 6.92 Å². The Morgan fingerprint density at radius 3 is 1.96 bits per heavy atom. The molecule has 0 fully saturated rings. The van der Waals surface area contributed by atoms with Gasteiger partial charge < -0.3 is 38.3 Å². The van der Waals surface area contributed by atoms with E-state index in [2.05, 4.69) is 16.0 Å². The molecule has 0 aliphatic rings. The van der Waals surface area contributed by atoms with Crippen molar-refractivity contribution < 1.29 is 29.1 Å². The predicted molar refractivity (Wildman–Crippen MR) is 99.5 cm³/mol. The third kappa shape index (κ3) is 10.4. The van der Waals surface area contributed by atoms with Gasteiger partial charge in [-0.3, -0.25) is 24.0 Å². The number of hydrogen-bond acceptors (Lipinski definition) is 7. The number of rotatable bonds is 14. The summed E-state index contributed by atoms with van der Waals surface area (Å²) in [6.07, 6.45) is 1.09. The van der Waals surface area contributed by atoms with Crippen LogP contribution in [0.5, 0.6) is 0 Å². The van der Waals surface area contributed by atoms with Crippen LogP contribution in [-0.2, 0) is 24.0 Å². The smallest absolute Gasteiger partial charge is 0.325 e. The minimum absolute atomic E-state index is 0.0738. The largest absolute Gasteiger partial charge is 0.480 e. The third-order valence-corrected chi connectivity index (χ3v) is 3.83. The lowest BCUT2D eigenvalue weighted by Gasteiger charge is -2.23. The number of nitrogens with two attached hydrogens (primary N) is 3. The highest BCUT2D eigenvalue weighted by Crippen LogP contribution is 2.05. The zero-order valence-corrected chi connectivity index (χ0v) is 15.9. The first-order valence-electron chi connectivity index (χ1n) is 8.93. The fourth-order valence-corrected chi connectivity index (χ4v) is 2.22. The van der Waals surface area contributed by atoms with Crippen LogP contribution in [0.15, 0.2) is 0 Å². The Labute approximate surface area is 162 Å². The molecule has 12 heteroatoms. The second-order valence-corrected chi connectivity index (χ2v) is 6.24. The van der Waals surface area contributed by atoms with Crippen LogP contribution in [0.2, 0.25) is 0 Å². The van der Waals surface area contributed by atoms with Crippen LogP contribution in [-0.4, -0.2) is 65.9 Å². The van der Waals surface area contributed by atoms with Crippen molar-refractivity contribution in [1.29, 1.82) is 0 Å². The Kier molecular flexibility index (Phi) is 12.1. The van der Waals surface area contributed by atoms with E-state index in [0.717, 1.165) is 0 Å². The van der Waals surface area contributed by atoms with Gasteiger partial charge in [0, 0.05) is 6.42 Å². The summed E-state index contributed by atoms with van der Waals surface area (Å²) in [7, 11) is 0. The van der Waals surface area contributed by atoms with Gasteiger partial charge in [-0.25, -0.2) is 0 Å². The number of unbranched alkanes of at least 4 members (excludes halogenated alkanes) is 1. The molecule has 0 aromatic rings. The molecule has 10 N–H and O–H groups in total. The average molecular weight is 402 g/mol. The SMILES string of the molecule is CC(NC(=O)C(CCCCN)NC(=O)C(CCC(N)=O)NC(=O)CN)C(=O)O. The van der Waals surface area contributed by atoms with Crippen LogP contribution >= 0.6 is 0 Å². The van der Waals surface area contributed by atoms with Crippen LogP contribution < -0.4 is 33.2 Å². The number of hydrogen-bond donors (Lipinski definition) is 7. The Morgan fingerprint density at radius 1 is 0.893 bits per heavy atom. The van der Waals surface area contributed by atoms with Gasteiger partial charge in [-0.2, -0.15) is 0 Å². The molecule has 160 valence electrons. The summed E-state index contributed by atoms with van der Waals surface area (Å²) in [6.45, 7) is 1.31. The van der Waals surface area contributed by atoms with Crippen molar-refractivity contribution in [3.63, 3.8) is 0 Å². The number of carboxylic acids is 1. The topological polar surface area (TPSA) is 220 Å². The lowest BCUT2D eigenvalue weighted by Crippen LogP contribution is -2.56. The van der Waals surface area contributed by atoms with Crippen molar-refractivity contribution in [3.8, 4) is 0 Å². The maximum absolute atomic E-state index is 12.5. The second kappa shape index (κ2) is 13.4. The molecule has 0 aliphatic heterocycles. The summed E-state index contributed by atoms with van der Waals surface area (Å²) >= 11 is 0. The molecule has 28 heavy (non-hydrogen) atoms. The second-order valence-electron chi connectivity index (χ2n) is 6.24.